The standard InChI is InChI=1S/C21H25BrN6/c22-20-6-4-18(5-7-20)19-16-25-28(17-19)11-2-1-10-26-12-14-27(15-13-26)21-23-8-3-9-24-21/h3-9,16-17H,1-2,10-15H2. The van der Waals surface area contributed by atoms with E-state index in [-0.39, 0.29) is 0 Å². The molecule has 0 atom stereocenters. The van der Waals surface area contributed by atoms with Gasteiger partial charge in [-0.25, -0.2) is 9.97 Å². The monoisotopic (exact) mass is 440 g/mol. The first-order chi connectivity index (χ1) is 13.8. The Morgan fingerprint density at radius 1 is 0.857 bits per heavy atom. The van der Waals surface area contributed by atoms with Crippen LogP contribution >= 0.6 is 15.9 Å². The molecular formula is C21H25BrN6. The lowest BCUT2D eigenvalue weighted by atomic mass is 10.1. The molecule has 2 aromatic heterocycles. The number of aryl methyl sites for hydroxylation is 1. The number of halogens is 1. The highest BCUT2D eigenvalue weighted by atomic mass is 79.9. The molecule has 6 nitrogen and oxygen atoms in total. The Kier molecular flexibility index (Phi) is 6.34. The summed E-state index contributed by atoms with van der Waals surface area (Å²) < 4.78 is 3.16. The third kappa shape index (κ3) is 4.97. The lowest BCUT2D eigenvalue weighted by Gasteiger charge is -2.34. The molecule has 0 spiro atoms. The van der Waals surface area contributed by atoms with Crippen LogP contribution < -0.4 is 4.90 Å². The minimum Gasteiger partial charge on any atom is -0.338 e. The molecule has 1 fully saturated rings. The van der Waals surface area contributed by atoms with Crippen LogP contribution in [0.3, 0.4) is 0 Å². The number of hydrogen-bond donors (Lipinski definition) is 0. The number of aromatic nitrogens is 4. The molecule has 1 aromatic carbocycles. The van der Waals surface area contributed by atoms with Crippen molar-refractivity contribution in [1.29, 1.82) is 0 Å². The Morgan fingerprint density at radius 2 is 1.57 bits per heavy atom. The molecule has 1 aliphatic heterocycles. The van der Waals surface area contributed by atoms with Crippen LogP contribution in [0.1, 0.15) is 12.8 Å². The summed E-state index contributed by atoms with van der Waals surface area (Å²) in [5.41, 5.74) is 2.38. The zero-order chi connectivity index (χ0) is 19.2. The molecule has 3 aromatic rings. The number of rotatable bonds is 7. The fourth-order valence-corrected chi connectivity index (χ4v) is 3.78. The van der Waals surface area contributed by atoms with E-state index < -0.39 is 0 Å². The van der Waals surface area contributed by atoms with Gasteiger partial charge in [0.2, 0.25) is 5.95 Å². The third-order valence-electron chi connectivity index (χ3n) is 5.13. The van der Waals surface area contributed by atoms with Crippen molar-refractivity contribution in [2.75, 3.05) is 37.6 Å². The summed E-state index contributed by atoms with van der Waals surface area (Å²) >= 11 is 3.48. The normalized spacial score (nSPS) is 15.1. The summed E-state index contributed by atoms with van der Waals surface area (Å²) in [6.07, 6.45) is 10.0. The molecule has 0 N–H and O–H groups in total. The van der Waals surface area contributed by atoms with Crippen molar-refractivity contribution in [3.8, 4) is 11.1 Å². The van der Waals surface area contributed by atoms with E-state index in [0.29, 0.717) is 0 Å². The highest BCUT2D eigenvalue weighted by molar-refractivity contribution is 9.10. The number of unbranched alkanes of at least 4 members (excludes halogenated alkanes) is 1. The third-order valence-corrected chi connectivity index (χ3v) is 5.66. The van der Waals surface area contributed by atoms with Crippen LogP contribution in [0.15, 0.2) is 59.6 Å². The van der Waals surface area contributed by atoms with Gasteiger partial charge in [0, 0.05) is 61.4 Å². The SMILES string of the molecule is Brc1ccc(-c2cnn(CCCCN3CCN(c4ncccn4)CC3)c2)cc1. The topological polar surface area (TPSA) is 50.1 Å². The van der Waals surface area contributed by atoms with Crippen molar-refractivity contribution in [1.82, 2.24) is 24.6 Å². The van der Waals surface area contributed by atoms with Gasteiger partial charge in [-0.3, -0.25) is 9.58 Å². The fourth-order valence-electron chi connectivity index (χ4n) is 3.51. The van der Waals surface area contributed by atoms with E-state index in [2.05, 4.69) is 75.9 Å². The molecule has 7 heteroatoms. The molecule has 1 aliphatic rings. The first-order valence-corrected chi connectivity index (χ1v) is 10.6. The Hall–Kier alpha value is -2.25. The Bertz CT molecular complexity index is 856. The van der Waals surface area contributed by atoms with Crippen LogP contribution in [-0.4, -0.2) is 57.4 Å². The molecule has 0 aliphatic carbocycles. The molecule has 0 radical (unpaired) electrons. The van der Waals surface area contributed by atoms with Crippen LogP contribution in [0, 0.1) is 0 Å². The fraction of sp³-hybridized carbons (Fsp3) is 0.381. The quantitative estimate of drug-likeness (QED) is 0.524. The highest BCUT2D eigenvalue weighted by Gasteiger charge is 2.18. The van der Waals surface area contributed by atoms with Crippen LogP contribution in [-0.2, 0) is 6.54 Å². The van der Waals surface area contributed by atoms with E-state index in [1.807, 2.05) is 24.7 Å². The van der Waals surface area contributed by atoms with Crippen molar-refractivity contribution in [2.24, 2.45) is 0 Å². The van der Waals surface area contributed by atoms with Gasteiger partial charge < -0.3 is 4.90 Å². The van der Waals surface area contributed by atoms with E-state index in [0.717, 1.165) is 56.1 Å². The van der Waals surface area contributed by atoms with E-state index in [1.165, 1.54) is 17.5 Å². The second-order valence-corrected chi connectivity index (χ2v) is 8.00. The van der Waals surface area contributed by atoms with Gasteiger partial charge in [-0.2, -0.15) is 5.10 Å². The number of benzene rings is 1. The summed E-state index contributed by atoms with van der Waals surface area (Å²) in [7, 11) is 0. The number of piperazine rings is 1. The van der Waals surface area contributed by atoms with Gasteiger partial charge in [0.15, 0.2) is 0 Å². The Labute approximate surface area is 174 Å². The minimum absolute atomic E-state index is 0.849. The Balaban J connectivity index is 1.17. The van der Waals surface area contributed by atoms with Gasteiger partial charge >= 0.3 is 0 Å². The second-order valence-electron chi connectivity index (χ2n) is 7.08. The molecule has 4 rings (SSSR count). The predicted octanol–water partition coefficient (Wildman–Crippen LogP) is 3.71. The molecule has 146 valence electrons. The second kappa shape index (κ2) is 9.30. The maximum atomic E-state index is 4.51. The Morgan fingerprint density at radius 3 is 2.32 bits per heavy atom. The zero-order valence-electron chi connectivity index (χ0n) is 15.9. The van der Waals surface area contributed by atoms with Crippen molar-refractivity contribution in [3.63, 3.8) is 0 Å². The zero-order valence-corrected chi connectivity index (χ0v) is 17.5. The van der Waals surface area contributed by atoms with Crippen LogP contribution in [0.4, 0.5) is 5.95 Å². The predicted molar refractivity (Wildman–Crippen MR) is 115 cm³/mol. The van der Waals surface area contributed by atoms with E-state index in [4.69, 9.17) is 0 Å². The molecule has 1 saturated heterocycles. The smallest absolute Gasteiger partial charge is 0.225 e. The summed E-state index contributed by atoms with van der Waals surface area (Å²) in [4.78, 5) is 13.5. The molecule has 3 heterocycles. The van der Waals surface area contributed by atoms with Gasteiger partial charge in [0.05, 0.1) is 6.20 Å². The summed E-state index contributed by atoms with van der Waals surface area (Å²) in [5, 5.41) is 4.51. The number of nitrogens with zero attached hydrogens (tertiary/aromatic N) is 6. The van der Waals surface area contributed by atoms with E-state index >= 15 is 0 Å². The molecule has 28 heavy (non-hydrogen) atoms. The van der Waals surface area contributed by atoms with Crippen LogP contribution in [0.25, 0.3) is 11.1 Å². The molecule has 0 amide bonds. The van der Waals surface area contributed by atoms with Gasteiger partial charge in [0.1, 0.15) is 0 Å². The van der Waals surface area contributed by atoms with Crippen molar-refractivity contribution in [3.05, 3.63) is 59.6 Å². The van der Waals surface area contributed by atoms with Crippen molar-refractivity contribution in [2.45, 2.75) is 19.4 Å². The highest BCUT2D eigenvalue weighted by Crippen LogP contribution is 2.21. The largest absolute Gasteiger partial charge is 0.338 e. The molecule has 0 saturated carbocycles. The van der Waals surface area contributed by atoms with Gasteiger partial charge in [-0.15, -0.1) is 0 Å². The van der Waals surface area contributed by atoms with Crippen molar-refractivity contribution < 1.29 is 0 Å². The van der Waals surface area contributed by atoms with Crippen molar-refractivity contribution >= 4 is 21.9 Å². The van der Waals surface area contributed by atoms with Gasteiger partial charge in [-0.1, -0.05) is 28.1 Å². The van der Waals surface area contributed by atoms with E-state index in [9.17, 15) is 0 Å². The van der Waals surface area contributed by atoms with Crippen LogP contribution in [0.5, 0.6) is 0 Å². The lowest BCUT2D eigenvalue weighted by molar-refractivity contribution is 0.249. The summed E-state index contributed by atoms with van der Waals surface area (Å²) in [6, 6.07) is 10.2. The molecule has 0 bridgehead atoms. The summed E-state index contributed by atoms with van der Waals surface area (Å²) in [6.45, 7) is 6.26. The van der Waals surface area contributed by atoms with Crippen LogP contribution in [0.2, 0.25) is 0 Å². The number of hydrogen-bond acceptors (Lipinski definition) is 5. The van der Waals surface area contributed by atoms with Gasteiger partial charge in [0.25, 0.3) is 0 Å². The minimum atomic E-state index is 0.849. The maximum Gasteiger partial charge on any atom is 0.225 e. The molecule has 0 unspecified atom stereocenters. The first kappa shape index (κ1) is 19.1. The lowest BCUT2D eigenvalue weighted by Crippen LogP contribution is -2.47. The molecular weight excluding hydrogens is 416 g/mol. The average Bonchev–Trinajstić information content (AvgIpc) is 3.22. The van der Waals surface area contributed by atoms with Gasteiger partial charge in [-0.05, 0) is 43.1 Å². The first-order valence-electron chi connectivity index (χ1n) is 9.81. The van der Waals surface area contributed by atoms with E-state index in [1.54, 1.807) is 0 Å². The summed E-state index contributed by atoms with van der Waals surface area (Å²) in [5.74, 6) is 0.849. The number of anilines is 1. The average molecular weight is 441 g/mol. The maximum absolute atomic E-state index is 4.51.